The fourth-order valence-electron chi connectivity index (χ4n) is 5.32. The van der Waals surface area contributed by atoms with Gasteiger partial charge in [0, 0.05) is 23.6 Å². The first kappa shape index (κ1) is 23.1. The van der Waals surface area contributed by atoms with Gasteiger partial charge in [0.25, 0.3) is 0 Å². The highest BCUT2D eigenvalue weighted by atomic mass is 79.9. The first-order valence-electron chi connectivity index (χ1n) is 11.5. The van der Waals surface area contributed by atoms with Gasteiger partial charge in [-0.25, -0.2) is 0 Å². The van der Waals surface area contributed by atoms with Crippen LogP contribution in [0.3, 0.4) is 0 Å². The lowest BCUT2D eigenvalue weighted by Crippen LogP contribution is -2.40. The second kappa shape index (κ2) is 11.7. The monoisotopic (exact) mass is 466 g/mol. The summed E-state index contributed by atoms with van der Waals surface area (Å²) in [7, 11) is 1.74. The van der Waals surface area contributed by atoms with E-state index in [-0.39, 0.29) is 6.61 Å². The maximum atomic E-state index is 9.26. The zero-order chi connectivity index (χ0) is 20.6. The van der Waals surface area contributed by atoms with Crippen molar-refractivity contribution in [3.63, 3.8) is 0 Å². The fourth-order valence-corrected chi connectivity index (χ4v) is 5.73. The molecule has 1 atom stereocenters. The summed E-state index contributed by atoms with van der Waals surface area (Å²) in [6.45, 7) is 8.16. The third-order valence-electron chi connectivity index (χ3n) is 7.11. The molecule has 0 spiro atoms. The molecular weight excluding hydrogens is 428 g/mol. The van der Waals surface area contributed by atoms with E-state index in [1.54, 1.807) is 7.11 Å². The minimum atomic E-state index is 0.288. The maximum Gasteiger partial charge on any atom is 0.119 e. The highest BCUT2D eigenvalue weighted by Crippen LogP contribution is 2.31. The van der Waals surface area contributed by atoms with Crippen LogP contribution in [0.5, 0.6) is 5.75 Å². The Morgan fingerprint density at radius 1 is 1.17 bits per heavy atom. The summed E-state index contributed by atoms with van der Waals surface area (Å²) in [5.41, 5.74) is 1.37. The van der Waals surface area contributed by atoms with Crippen molar-refractivity contribution >= 4 is 15.9 Å². The predicted molar refractivity (Wildman–Crippen MR) is 124 cm³/mol. The van der Waals surface area contributed by atoms with E-state index in [1.165, 1.54) is 68.2 Å². The number of methoxy groups -OCH3 is 1. The molecule has 1 saturated carbocycles. The second-order valence-corrected chi connectivity index (χ2v) is 9.79. The van der Waals surface area contributed by atoms with Gasteiger partial charge in [-0.2, -0.15) is 0 Å². The summed E-state index contributed by atoms with van der Waals surface area (Å²) in [4.78, 5) is 5.16. The van der Waals surface area contributed by atoms with Gasteiger partial charge in [0.05, 0.1) is 13.7 Å². The Morgan fingerprint density at radius 3 is 2.66 bits per heavy atom. The molecule has 0 aromatic heterocycles. The van der Waals surface area contributed by atoms with Crippen LogP contribution in [0.2, 0.25) is 0 Å². The van der Waals surface area contributed by atoms with Crippen molar-refractivity contribution in [1.29, 1.82) is 0 Å². The number of likely N-dealkylation sites (N-methyl/N-ethyl adjacent to an activating group) is 1. The summed E-state index contributed by atoms with van der Waals surface area (Å²) in [6, 6.07) is 7.01. The number of aliphatic hydroxyl groups excluding tert-OH is 1. The van der Waals surface area contributed by atoms with Crippen molar-refractivity contribution in [2.45, 2.75) is 57.9 Å². The van der Waals surface area contributed by atoms with Crippen LogP contribution in [0.25, 0.3) is 0 Å². The van der Waals surface area contributed by atoms with Gasteiger partial charge in [-0.3, -0.25) is 4.90 Å². The zero-order valence-electron chi connectivity index (χ0n) is 18.3. The van der Waals surface area contributed by atoms with Gasteiger partial charge in [-0.1, -0.05) is 22.9 Å². The van der Waals surface area contributed by atoms with Gasteiger partial charge >= 0.3 is 0 Å². The number of hydrogen-bond acceptors (Lipinski definition) is 4. The van der Waals surface area contributed by atoms with E-state index in [9.17, 15) is 5.11 Å². The molecule has 1 unspecified atom stereocenters. The summed E-state index contributed by atoms with van der Waals surface area (Å²) >= 11 is 3.71. The number of nitrogens with zero attached hydrogens (tertiary/aromatic N) is 2. The van der Waals surface area contributed by atoms with Crippen molar-refractivity contribution in [2.24, 2.45) is 11.8 Å². The van der Waals surface area contributed by atoms with Gasteiger partial charge in [0.1, 0.15) is 5.75 Å². The van der Waals surface area contributed by atoms with Gasteiger partial charge < -0.3 is 14.7 Å². The first-order valence-corrected chi connectivity index (χ1v) is 12.3. The van der Waals surface area contributed by atoms with Crippen LogP contribution in [0.4, 0.5) is 0 Å². The third kappa shape index (κ3) is 6.68. The Balaban J connectivity index is 1.38. The lowest BCUT2D eigenvalue weighted by Gasteiger charge is -2.36. The van der Waals surface area contributed by atoms with E-state index in [0.29, 0.717) is 6.04 Å². The fraction of sp³-hybridized carbons (Fsp3) is 0.750. The molecule has 3 rings (SSSR count). The lowest BCUT2D eigenvalue weighted by molar-refractivity contribution is 0.112. The Hall–Kier alpha value is -0.620. The van der Waals surface area contributed by atoms with Crippen LogP contribution in [0, 0.1) is 11.8 Å². The number of ether oxygens (including phenoxy) is 1. The van der Waals surface area contributed by atoms with Gasteiger partial charge in [-0.15, -0.1) is 0 Å². The van der Waals surface area contributed by atoms with Crippen LogP contribution in [-0.4, -0.2) is 67.4 Å². The Morgan fingerprint density at radius 2 is 1.97 bits per heavy atom. The molecule has 1 saturated heterocycles. The van der Waals surface area contributed by atoms with Crippen molar-refractivity contribution < 1.29 is 9.84 Å². The number of benzene rings is 1. The summed E-state index contributed by atoms with van der Waals surface area (Å²) in [6.07, 6.45) is 9.14. The van der Waals surface area contributed by atoms with Crippen molar-refractivity contribution in [1.82, 2.24) is 9.80 Å². The first-order chi connectivity index (χ1) is 14.1. The number of likely N-dealkylation sites (tertiary alicyclic amines) is 1. The van der Waals surface area contributed by atoms with E-state index < -0.39 is 0 Å². The molecule has 0 bridgehead atoms. The Bertz CT molecular complexity index is 619. The number of aliphatic hydroxyl groups is 1. The van der Waals surface area contributed by atoms with Gasteiger partial charge in [-0.05, 0) is 100 Å². The predicted octanol–water partition coefficient (Wildman–Crippen LogP) is 4.59. The van der Waals surface area contributed by atoms with E-state index >= 15 is 0 Å². The largest absolute Gasteiger partial charge is 0.497 e. The maximum absolute atomic E-state index is 9.26. The minimum absolute atomic E-state index is 0.288. The van der Waals surface area contributed by atoms with Crippen LogP contribution in [0.1, 0.15) is 51.0 Å². The molecular formula is C24H39BrN2O2. The third-order valence-corrected chi connectivity index (χ3v) is 7.88. The second-order valence-electron chi connectivity index (χ2n) is 8.93. The number of hydrogen-bond donors (Lipinski definition) is 1. The molecule has 1 aliphatic heterocycles. The van der Waals surface area contributed by atoms with Crippen molar-refractivity contribution in [3.05, 3.63) is 28.2 Å². The Labute approximate surface area is 185 Å². The lowest BCUT2D eigenvalue weighted by atomic mass is 9.83. The van der Waals surface area contributed by atoms with Gasteiger partial charge in [0.15, 0.2) is 0 Å². The van der Waals surface area contributed by atoms with Crippen LogP contribution in [-0.2, 0) is 6.42 Å². The summed E-state index contributed by atoms with van der Waals surface area (Å²) in [5, 5.41) is 9.26. The molecule has 1 heterocycles. The highest BCUT2D eigenvalue weighted by molar-refractivity contribution is 9.10. The topological polar surface area (TPSA) is 35.9 Å². The average molecular weight is 467 g/mol. The van der Waals surface area contributed by atoms with E-state index in [2.05, 4.69) is 44.8 Å². The molecule has 1 aromatic rings. The Kier molecular flexibility index (Phi) is 9.29. The molecule has 0 radical (unpaired) electrons. The molecule has 4 nitrogen and oxygen atoms in total. The summed E-state index contributed by atoms with van der Waals surface area (Å²) in [5.74, 6) is 2.60. The molecule has 29 heavy (non-hydrogen) atoms. The molecule has 0 amide bonds. The molecule has 5 heteroatoms. The molecule has 164 valence electrons. The molecule has 2 fully saturated rings. The number of halogens is 1. The van der Waals surface area contributed by atoms with Gasteiger partial charge in [0.2, 0.25) is 0 Å². The van der Waals surface area contributed by atoms with Crippen molar-refractivity contribution in [3.8, 4) is 5.75 Å². The van der Waals surface area contributed by atoms with E-state index in [1.807, 2.05) is 6.07 Å². The quantitative estimate of drug-likeness (QED) is 0.546. The SMILES string of the molecule is CCN(CCO)C1CCC(CCN2CCC(Cc3cc(OC)ccc3Br)C2)CC1. The van der Waals surface area contributed by atoms with Crippen LogP contribution < -0.4 is 4.74 Å². The van der Waals surface area contributed by atoms with Crippen LogP contribution in [0.15, 0.2) is 22.7 Å². The molecule has 1 aromatic carbocycles. The zero-order valence-corrected chi connectivity index (χ0v) is 19.9. The van der Waals surface area contributed by atoms with Crippen molar-refractivity contribution in [2.75, 3.05) is 46.4 Å². The smallest absolute Gasteiger partial charge is 0.119 e. The highest BCUT2D eigenvalue weighted by Gasteiger charge is 2.27. The summed E-state index contributed by atoms with van der Waals surface area (Å²) < 4.78 is 6.60. The minimum Gasteiger partial charge on any atom is -0.497 e. The standard InChI is InChI=1S/C24H39BrN2O2/c1-3-27(14-15-28)22-6-4-19(5-7-22)10-12-26-13-11-20(18-26)16-21-17-23(29-2)8-9-24(21)25/h8-9,17,19-20,22,28H,3-7,10-16,18H2,1-2H3. The molecule has 1 aliphatic carbocycles. The normalized spacial score (nSPS) is 25.6. The van der Waals surface area contributed by atoms with Crippen LogP contribution >= 0.6 is 15.9 Å². The average Bonchev–Trinajstić information content (AvgIpc) is 3.20. The van der Waals surface area contributed by atoms with E-state index in [0.717, 1.165) is 37.1 Å². The number of rotatable bonds is 10. The molecule has 2 aliphatic rings. The molecule has 1 N–H and O–H groups in total. The van der Waals surface area contributed by atoms with E-state index in [4.69, 9.17) is 4.74 Å².